The second-order valence-corrected chi connectivity index (χ2v) is 6.36. The molecule has 1 fully saturated rings. The molecule has 0 atom stereocenters. The number of methoxy groups -OCH3 is 1. The number of rotatable bonds is 4. The maximum absolute atomic E-state index is 13.0. The second kappa shape index (κ2) is 7.17. The molecule has 1 aliphatic heterocycles. The van der Waals surface area contributed by atoms with Gasteiger partial charge in [-0.25, -0.2) is 9.37 Å². The Bertz CT molecular complexity index is 769. The van der Waals surface area contributed by atoms with Gasteiger partial charge in [0, 0.05) is 24.6 Å². The highest BCUT2D eigenvalue weighted by Gasteiger charge is 2.27. The highest BCUT2D eigenvalue weighted by molar-refractivity contribution is 5.98. The van der Waals surface area contributed by atoms with Gasteiger partial charge in [-0.05, 0) is 51.0 Å². The molecule has 5 nitrogen and oxygen atoms in total. The van der Waals surface area contributed by atoms with Gasteiger partial charge in [0.25, 0.3) is 0 Å². The van der Waals surface area contributed by atoms with Crippen molar-refractivity contribution in [3.63, 3.8) is 0 Å². The van der Waals surface area contributed by atoms with E-state index in [4.69, 9.17) is 4.74 Å². The summed E-state index contributed by atoms with van der Waals surface area (Å²) in [6.07, 6.45) is 1.50. The number of ether oxygens (including phenoxy) is 1. The number of hydrogen-bond acceptors (Lipinski definition) is 5. The first-order valence-corrected chi connectivity index (χ1v) is 8.43. The Balaban J connectivity index is 1.71. The number of Topliss-reactive ketones (excluding diaryl/α,β-unsaturated/α-hetero) is 1. The van der Waals surface area contributed by atoms with Crippen LogP contribution >= 0.6 is 0 Å². The first-order valence-electron chi connectivity index (χ1n) is 8.43. The van der Waals surface area contributed by atoms with E-state index in [0.29, 0.717) is 17.3 Å². The van der Waals surface area contributed by atoms with Crippen molar-refractivity contribution in [3.8, 4) is 5.88 Å². The van der Waals surface area contributed by atoms with Crippen LogP contribution in [-0.4, -0.2) is 36.0 Å². The highest BCUT2D eigenvalue weighted by Crippen LogP contribution is 2.30. The molecule has 0 spiro atoms. The average molecular weight is 343 g/mol. The summed E-state index contributed by atoms with van der Waals surface area (Å²) in [6.45, 7) is 5.29. The molecule has 0 bridgehead atoms. The van der Waals surface area contributed by atoms with Gasteiger partial charge in [-0.3, -0.25) is 4.79 Å². The molecule has 1 aromatic carbocycles. The van der Waals surface area contributed by atoms with Crippen LogP contribution in [0.1, 0.15) is 34.6 Å². The van der Waals surface area contributed by atoms with Crippen LogP contribution < -0.4 is 9.64 Å². The molecule has 1 saturated heterocycles. The number of ketones is 1. The number of anilines is 1. The minimum atomic E-state index is -0.324. The molecule has 132 valence electrons. The van der Waals surface area contributed by atoms with E-state index in [9.17, 15) is 9.18 Å². The molecule has 2 heterocycles. The van der Waals surface area contributed by atoms with Crippen LogP contribution in [0.3, 0.4) is 0 Å². The predicted octanol–water partition coefficient (Wildman–Crippen LogP) is 3.34. The van der Waals surface area contributed by atoms with Crippen LogP contribution in [-0.2, 0) is 0 Å². The van der Waals surface area contributed by atoms with Gasteiger partial charge < -0.3 is 9.64 Å². The Morgan fingerprint density at radius 1 is 1.16 bits per heavy atom. The van der Waals surface area contributed by atoms with Crippen LogP contribution in [0, 0.1) is 25.6 Å². The lowest BCUT2D eigenvalue weighted by Gasteiger charge is -2.33. The molecule has 1 aromatic heterocycles. The van der Waals surface area contributed by atoms with Crippen molar-refractivity contribution in [2.24, 2.45) is 5.92 Å². The number of carbonyl (C=O) groups excluding carboxylic acids is 1. The number of nitrogens with zero attached hydrogens (tertiary/aromatic N) is 3. The average Bonchev–Trinajstić information content (AvgIpc) is 2.63. The van der Waals surface area contributed by atoms with E-state index in [1.54, 1.807) is 19.2 Å². The number of hydrogen-bond donors (Lipinski definition) is 0. The van der Waals surface area contributed by atoms with E-state index in [-0.39, 0.29) is 17.5 Å². The Morgan fingerprint density at radius 3 is 2.40 bits per heavy atom. The monoisotopic (exact) mass is 343 g/mol. The second-order valence-electron chi connectivity index (χ2n) is 6.36. The van der Waals surface area contributed by atoms with Crippen molar-refractivity contribution < 1.29 is 13.9 Å². The van der Waals surface area contributed by atoms with E-state index >= 15 is 0 Å². The third-order valence-electron chi connectivity index (χ3n) is 4.67. The molecule has 0 amide bonds. The largest absolute Gasteiger partial charge is 0.481 e. The molecule has 6 heteroatoms. The summed E-state index contributed by atoms with van der Waals surface area (Å²) < 4.78 is 18.3. The molecule has 3 rings (SSSR count). The summed E-state index contributed by atoms with van der Waals surface area (Å²) in [6, 6.07) is 5.79. The minimum Gasteiger partial charge on any atom is -0.481 e. The lowest BCUT2D eigenvalue weighted by Crippen LogP contribution is -2.37. The van der Waals surface area contributed by atoms with Gasteiger partial charge >= 0.3 is 0 Å². The van der Waals surface area contributed by atoms with Crippen molar-refractivity contribution in [1.29, 1.82) is 0 Å². The standard InChI is InChI=1S/C19H22FN3O2/c1-12-18(21-13(2)22-19(12)25-3)23-10-8-15(9-11-23)17(24)14-4-6-16(20)7-5-14/h4-7,15H,8-11H2,1-3H3. The number of aryl methyl sites for hydroxylation is 1. The molecule has 0 N–H and O–H groups in total. The molecule has 0 saturated carbocycles. The Hall–Kier alpha value is -2.50. The van der Waals surface area contributed by atoms with E-state index in [0.717, 1.165) is 37.3 Å². The normalized spacial score (nSPS) is 15.3. The topological polar surface area (TPSA) is 55.3 Å². The number of aromatic nitrogens is 2. The molecule has 0 unspecified atom stereocenters. The van der Waals surface area contributed by atoms with Gasteiger partial charge in [0.05, 0.1) is 12.7 Å². The number of benzene rings is 1. The van der Waals surface area contributed by atoms with Gasteiger partial charge in [-0.1, -0.05) is 0 Å². The summed E-state index contributed by atoms with van der Waals surface area (Å²) in [7, 11) is 1.60. The van der Waals surface area contributed by atoms with Crippen molar-refractivity contribution in [2.75, 3.05) is 25.1 Å². The van der Waals surface area contributed by atoms with Gasteiger partial charge in [0.1, 0.15) is 17.5 Å². The summed E-state index contributed by atoms with van der Waals surface area (Å²) in [4.78, 5) is 23.6. The zero-order chi connectivity index (χ0) is 18.0. The number of carbonyl (C=O) groups is 1. The van der Waals surface area contributed by atoms with Gasteiger partial charge in [0.15, 0.2) is 5.78 Å². The van der Waals surface area contributed by atoms with E-state index < -0.39 is 0 Å². The molecule has 1 aliphatic rings. The Kier molecular flexibility index (Phi) is 4.97. The molecular weight excluding hydrogens is 321 g/mol. The van der Waals surface area contributed by atoms with Crippen molar-refractivity contribution in [1.82, 2.24) is 9.97 Å². The smallest absolute Gasteiger partial charge is 0.221 e. The van der Waals surface area contributed by atoms with Crippen molar-refractivity contribution in [2.45, 2.75) is 26.7 Å². The molecule has 0 aliphatic carbocycles. The van der Waals surface area contributed by atoms with Crippen molar-refractivity contribution >= 4 is 11.6 Å². The third kappa shape index (κ3) is 3.62. The van der Waals surface area contributed by atoms with E-state index in [2.05, 4.69) is 14.9 Å². The summed E-state index contributed by atoms with van der Waals surface area (Å²) in [5.41, 5.74) is 1.49. The molecule has 2 aromatic rings. The molecular formula is C19H22FN3O2. The predicted molar refractivity (Wildman–Crippen MR) is 93.7 cm³/mol. The third-order valence-corrected chi connectivity index (χ3v) is 4.67. The maximum atomic E-state index is 13.0. The summed E-state index contributed by atoms with van der Waals surface area (Å²) in [5.74, 6) is 1.86. The highest BCUT2D eigenvalue weighted by atomic mass is 19.1. The molecule has 25 heavy (non-hydrogen) atoms. The van der Waals surface area contributed by atoms with E-state index in [1.807, 2.05) is 13.8 Å². The fourth-order valence-electron chi connectivity index (χ4n) is 3.30. The lowest BCUT2D eigenvalue weighted by atomic mass is 9.89. The Labute approximate surface area is 146 Å². The van der Waals surface area contributed by atoms with Gasteiger partial charge in [0.2, 0.25) is 5.88 Å². The first kappa shape index (κ1) is 17.3. The fourth-order valence-corrected chi connectivity index (χ4v) is 3.30. The first-order chi connectivity index (χ1) is 12.0. The van der Waals surface area contributed by atoms with Crippen LogP contribution in [0.4, 0.5) is 10.2 Å². The minimum absolute atomic E-state index is 0.0353. The van der Waals surface area contributed by atoms with Crippen LogP contribution in [0.15, 0.2) is 24.3 Å². The molecule has 0 radical (unpaired) electrons. The number of piperidine rings is 1. The zero-order valence-corrected chi connectivity index (χ0v) is 14.8. The van der Waals surface area contributed by atoms with Gasteiger partial charge in [-0.15, -0.1) is 0 Å². The van der Waals surface area contributed by atoms with Gasteiger partial charge in [-0.2, -0.15) is 4.98 Å². The fraction of sp³-hybridized carbons (Fsp3) is 0.421. The maximum Gasteiger partial charge on any atom is 0.221 e. The number of halogens is 1. The summed E-state index contributed by atoms with van der Waals surface area (Å²) >= 11 is 0. The SMILES string of the molecule is COc1nc(C)nc(N2CCC(C(=O)c3ccc(F)cc3)CC2)c1C. The van der Waals surface area contributed by atoms with Crippen LogP contribution in [0.25, 0.3) is 0 Å². The van der Waals surface area contributed by atoms with Crippen LogP contribution in [0.2, 0.25) is 0 Å². The zero-order valence-electron chi connectivity index (χ0n) is 14.8. The lowest BCUT2D eigenvalue weighted by molar-refractivity contribution is 0.0900. The Morgan fingerprint density at radius 2 is 1.80 bits per heavy atom. The quantitative estimate of drug-likeness (QED) is 0.797. The summed E-state index contributed by atoms with van der Waals surface area (Å²) in [5, 5.41) is 0. The van der Waals surface area contributed by atoms with Crippen LogP contribution in [0.5, 0.6) is 5.88 Å². The van der Waals surface area contributed by atoms with Crippen molar-refractivity contribution in [3.05, 3.63) is 47.0 Å². The van der Waals surface area contributed by atoms with E-state index in [1.165, 1.54) is 12.1 Å².